The van der Waals surface area contributed by atoms with E-state index < -0.39 is 0 Å². The zero-order valence-electron chi connectivity index (χ0n) is 14.2. The number of nitrogens with zero attached hydrogens (tertiary/aromatic N) is 1. The number of ketones is 1. The van der Waals surface area contributed by atoms with E-state index in [2.05, 4.69) is 10.3 Å². The molecule has 0 fully saturated rings. The van der Waals surface area contributed by atoms with Crippen LogP contribution in [0.4, 0.5) is 0 Å². The van der Waals surface area contributed by atoms with Crippen LogP contribution in [0.5, 0.6) is 5.75 Å². The normalized spacial score (nSPS) is 12.2. The van der Waals surface area contributed by atoms with Gasteiger partial charge in [-0.05, 0) is 58.0 Å². The van der Waals surface area contributed by atoms with Crippen molar-refractivity contribution < 1.29 is 9.53 Å². The van der Waals surface area contributed by atoms with Gasteiger partial charge in [0.1, 0.15) is 11.5 Å². The number of rotatable bonds is 7. The third-order valence-corrected chi connectivity index (χ3v) is 3.61. The Morgan fingerprint density at radius 1 is 1.26 bits per heavy atom. The zero-order chi connectivity index (χ0) is 16.8. The Hall–Kier alpha value is -2.20. The largest absolute Gasteiger partial charge is 0.491 e. The highest BCUT2D eigenvalue weighted by Gasteiger charge is 2.12. The van der Waals surface area contributed by atoms with Gasteiger partial charge in [-0.2, -0.15) is 0 Å². The highest BCUT2D eigenvalue weighted by atomic mass is 16.5. The van der Waals surface area contributed by atoms with Crippen molar-refractivity contribution >= 4 is 5.78 Å². The molecule has 0 unspecified atom stereocenters. The van der Waals surface area contributed by atoms with Crippen LogP contribution in [0.15, 0.2) is 42.6 Å². The number of carbonyl (C=O) groups is 1. The number of benzene rings is 1. The summed E-state index contributed by atoms with van der Waals surface area (Å²) in [5.74, 6) is 0.977. The van der Waals surface area contributed by atoms with Crippen LogP contribution in [-0.2, 0) is 11.2 Å². The Bertz CT molecular complexity index is 651. The second-order valence-corrected chi connectivity index (χ2v) is 5.90. The third-order valence-electron chi connectivity index (χ3n) is 3.61. The highest BCUT2D eigenvalue weighted by molar-refractivity contribution is 5.81. The molecule has 0 saturated carbocycles. The van der Waals surface area contributed by atoms with Gasteiger partial charge in [0.25, 0.3) is 0 Å². The molecule has 4 nitrogen and oxygen atoms in total. The summed E-state index contributed by atoms with van der Waals surface area (Å²) < 4.78 is 5.72. The second kappa shape index (κ2) is 7.88. The molecule has 122 valence electrons. The molecule has 0 radical (unpaired) electrons. The first-order chi connectivity index (χ1) is 11.0. The molecule has 0 bridgehead atoms. The highest BCUT2D eigenvalue weighted by Crippen LogP contribution is 2.23. The second-order valence-electron chi connectivity index (χ2n) is 5.90. The van der Waals surface area contributed by atoms with Crippen molar-refractivity contribution in [1.82, 2.24) is 10.3 Å². The van der Waals surface area contributed by atoms with Crippen LogP contribution in [0, 0.1) is 0 Å². The van der Waals surface area contributed by atoms with Crippen LogP contribution in [0.1, 0.15) is 26.3 Å². The van der Waals surface area contributed by atoms with Gasteiger partial charge < -0.3 is 10.1 Å². The maximum Gasteiger partial charge on any atom is 0.147 e. The number of pyridine rings is 1. The van der Waals surface area contributed by atoms with E-state index in [1.807, 2.05) is 56.4 Å². The zero-order valence-corrected chi connectivity index (χ0v) is 14.2. The van der Waals surface area contributed by atoms with Crippen molar-refractivity contribution in [3.63, 3.8) is 0 Å². The summed E-state index contributed by atoms with van der Waals surface area (Å²) in [6, 6.07) is 11.8. The molecule has 0 spiro atoms. The Labute approximate surface area is 137 Å². The summed E-state index contributed by atoms with van der Waals surface area (Å²) >= 11 is 0. The summed E-state index contributed by atoms with van der Waals surface area (Å²) in [4.78, 5) is 16.0. The maximum absolute atomic E-state index is 11.5. The predicted octanol–water partition coefficient (Wildman–Crippen LogP) is 3.26. The lowest BCUT2D eigenvalue weighted by Crippen LogP contribution is -2.34. The van der Waals surface area contributed by atoms with Crippen LogP contribution in [0.25, 0.3) is 11.3 Å². The van der Waals surface area contributed by atoms with E-state index in [1.54, 1.807) is 14.0 Å². The number of nitrogens with one attached hydrogen (secondary N) is 1. The lowest BCUT2D eigenvalue weighted by molar-refractivity contribution is -0.118. The van der Waals surface area contributed by atoms with Crippen LogP contribution in [0.3, 0.4) is 0 Å². The first-order valence-corrected chi connectivity index (χ1v) is 7.89. The van der Waals surface area contributed by atoms with Crippen LogP contribution in [-0.4, -0.2) is 30.0 Å². The lowest BCUT2D eigenvalue weighted by atomic mass is 10.0. The Balaban J connectivity index is 2.14. The van der Waals surface area contributed by atoms with Gasteiger partial charge in [0.2, 0.25) is 0 Å². The molecule has 1 aromatic carbocycles. The van der Waals surface area contributed by atoms with E-state index in [0.717, 1.165) is 22.6 Å². The molecule has 1 N–H and O–H groups in total. The minimum atomic E-state index is -0.162. The third kappa shape index (κ3) is 4.89. The molecule has 0 aliphatic rings. The van der Waals surface area contributed by atoms with Crippen molar-refractivity contribution in [2.24, 2.45) is 0 Å². The van der Waals surface area contributed by atoms with Gasteiger partial charge in [0.15, 0.2) is 0 Å². The van der Waals surface area contributed by atoms with Crippen molar-refractivity contribution in [3.8, 4) is 17.0 Å². The van der Waals surface area contributed by atoms with E-state index in [9.17, 15) is 4.79 Å². The minimum Gasteiger partial charge on any atom is -0.491 e. The molecule has 0 amide bonds. The number of likely N-dealkylation sites (N-methyl/N-ethyl adjacent to an activating group) is 1. The Kier molecular flexibility index (Phi) is 5.88. The van der Waals surface area contributed by atoms with E-state index in [1.165, 1.54) is 0 Å². The Morgan fingerprint density at radius 3 is 2.61 bits per heavy atom. The first kappa shape index (κ1) is 17.2. The number of hydrogen-bond donors (Lipinski definition) is 1. The summed E-state index contributed by atoms with van der Waals surface area (Å²) in [6.07, 6.45) is 2.62. The van der Waals surface area contributed by atoms with E-state index >= 15 is 0 Å². The van der Waals surface area contributed by atoms with Gasteiger partial charge >= 0.3 is 0 Å². The Morgan fingerprint density at radius 2 is 2.04 bits per heavy atom. The van der Waals surface area contributed by atoms with E-state index in [-0.39, 0.29) is 17.9 Å². The van der Waals surface area contributed by atoms with E-state index in [0.29, 0.717) is 6.42 Å². The topological polar surface area (TPSA) is 51.2 Å². The van der Waals surface area contributed by atoms with Gasteiger partial charge in [-0.15, -0.1) is 0 Å². The smallest absolute Gasteiger partial charge is 0.147 e. The molecule has 0 aliphatic carbocycles. The number of hydrogen-bond acceptors (Lipinski definition) is 4. The SMILES string of the molecule is CN[C@@H](Cc1ccc(-c2cccc(OC(C)C)c2)nc1)C(C)=O. The number of aromatic nitrogens is 1. The van der Waals surface area contributed by atoms with Crippen molar-refractivity contribution in [1.29, 1.82) is 0 Å². The average Bonchev–Trinajstić information content (AvgIpc) is 2.52. The summed E-state index contributed by atoms with van der Waals surface area (Å²) in [6.45, 7) is 5.61. The monoisotopic (exact) mass is 312 g/mol. The number of ether oxygens (including phenoxy) is 1. The summed E-state index contributed by atoms with van der Waals surface area (Å²) in [5, 5.41) is 3.03. The molecule has 0 saturated heterocycles. The standard InChI is InChI=1S/C19H24N2O2/c1-13(2)23-17-7-5-6-16(11-17)18-9-8-15(12-21-18)10-19(20-4)14(3)22/h5-9,11-13,19-20H,10H2,1-4H3/t19-/m0/s1. The number of carbonyl (C=O) groups excluding carboxylic acids is 1. The van der Waals surface area contributed by atoms with Crippen molar-refractivity contribution in [3.05, 3.63) is 48.2 Å². The average molecular weight is 312 g/mol. The number of Topliss-reactive ketones (excluding diaryl/α,β-unsaturated/α-hetero) is 1. The van der Waals surface area contributed by atoms with Crippen LogP contribution < -0.4 is 10.1 Å². The quantitative estimate of drug-likeness (QED) is 0.852. The summed E-state index contributed by atoms with van der Waals surface area (Å²) in [5.41, 5.74) is 2.95. The van der Waals surface area contributed by atoms with Crippen molar-refractivity contribution in [2.75, 3.05) is 7.05 Å². The fraction of sp³-hybridized carbons (Fsp3) is 0.368. The van der Waals surface area contributed by atoms with Gasteiger partial charge in [0.05, 0.1) is 17.8 Å². The molecule has 0 aliphatic heterocycles. The van der Waals surface area contributed by atoms with Crippen molar-refractivity contribution in [2.45, 2.75) is 39.3 Å². The van der Waals surface area contributed by atoms with Gasteiger partial charge in [-0.25, -0.2) is 0 Å². The van der Waals surface area contributed by atoms with Gasteiger partial charge in [0, 0.05) is 11.8 Å². The molecule has 2 aromatic rings. The van der Waals surface area contributed by atoms with Crippen LogP contribution in [0.2, 0.25) is 0 Å². The molecule has 23 heavy (non-hydrogen) atoms. The predicted molar refractivity (Wildman–Crippen MR) is 92.7 cm³/mol. The minimum absolute atomic E-state index is 0.134. The molecule has 4 heteroatoms. The van der Waals surface area contributed by atoms with Gasteiger partial charge in [-0.1, -0.05) is 18.2 Å². The fourth-order valence-corrected chi connectivity index (χ4v) is 2.40. The molecular formula is C19H24N2O2. The molecular weight excluding hydrogens is 288 g/mol. The summed E-state index contributed by atoms with van der Waals surface area (Å²) in [7, 11) is 1.80. The van der Waals surface area contributed by atoms with E-state index in [4.69, 9.17) is 4.74 Å². The van der Waals surface area contributed by atoms with Crippen LogP contribution >= 0.6 is 0 Å². The first-order valence-electron chi connectivity index (χ1n) is 7.89. The fourth-order valence-electron chi connectivity index (χ4n) is 2.40. The molecule has 2 rings (SSSR count). The lowest BCUT2D eigenvalue weighted by Gasteiger charge is -2.13. The molecule has 1 atom stereocenters. The molecule has 1 heterocycles. The molecule has 1 aromatic heterocycles. The maximum atomic E-state index is 11.5. The van der Waals surface area contributed by atoms with Gasteiger partial charge in [-0.3, -0.25) is 9.78 Å².